The molecule has 0 radical (unpaired) electrons. The highest BCUT2D eigenvalue weighted by molar-refractivity contribution is 5.97. The third-order valence-electron chi connectivity index (χ3n) is 2.73. The Balaban J connectivity index is 3.10. The molecule has 0 heterocycles. The topological polar surface area (TPSA) is 40.5 Å². The molecule has 3 nitrogen and oxygen atoms in total. The van der Waals surface area contributed by atoms with Crippen LogP contribution in [-0.2, 0) is 0 Å². The Morgan fingerprint density at radius 1 is 1.18 bits per heavy atom. The van der Waals surface area contributed by atoms with Gasteiger partial charge in [-0.05, 0) is 52.3 Å². The molecule has 94 valence electrons. The SMILES string of the molecule is Cc1ccc(C(=O)N(C(C)C)C(C)C)c(O)c1. The maximum atomic E-state index is 12.3. The second-order valence-corrected chi connectivity index (χ2v) is 4.92. The van der Waals surface area contributed by atoms with Gasteiger partial charge in [-0.1, -0.05) is 6.07 Å². The van der Waals surface area contributed by atoms with Crippen molar-refractivity contribution in [2.45, 2.75) is 46.7 Å². The maximum Gasteiger partial charge on any atom is 0.258 e. The molecule has 0 unspecified atom stereocenters. The first-order valence-corrected chi connectivity index (χ1v) is 5.97. The number of phenols is 1. The molecule has 0 bridgehead atoms. The summed E-state index contributed by atoms with van der Waals surface area (Å²) in [5, 5.41) is 9.83. The molecule has 0 saturated heterocycles. The lowest BCUT2D eigenvalue weighted by Gasteiger charge is -2.31. The Morgan fingerprint density at radius 2 is 1.71 bits per heavy atom. The molecule has 1 aromatic rings. The number of hydrogen-bond acceptors (Lipinski definition) is 2. The number of rotatable bonds is 3. The van der Waals surface area contributed by atoms with E-state index in [9.17, 15) is 9.90 Å². The molecule has 0 fully saturated rings. The summed E-state index contributed by atoms with van der Waals surface area (Å²) in [6.07, 6.45) is 0. The van der Waals surface area contributed by atoms with Crippen molar-refractivity contribution in [1.29, 1.82) is 0 Å². The molecule has 17 heavy (non-hydrogen) atoms. The molecule has 1 amide bonds. The third kappa shape index (κ3) is 2.99. The summed E-state index contributed by atoms with van der Waals surface area (Å²) in [5.41, 5.74) is 1.32. The Hall–Kier alpha value is -1.51. The zero-order chi connectivity index (χ0) is 13.2. The van der Waals surface area contributed by atoms with E-state index in [0.29, 0.717) is 5.56 Å². The summed E-state index contributed by atoms with van der Waals surface area (Å²) in [7, 11) is 0. The van der Waals surface area contributed by atoms with Crippen molar-refractivity contribution in [3.8, 4) is 5.75 Å². The molecule has 0 saturated carbocycles. The summed E-state index contributed by atoms with van der Waals surface area (Å²) in [6, 6.07) is 5.37. The van der Waals surface area contributed by atoms with Crippen molar-refractivity contribution in [3.63, 3.8) is 0 Å². The monoisotopic (exact) mass is 235 g/mol. The number of aryl methyl sites for hydroxylation is 1. The molecule has 1 N–H and O–H groups in total. The quantitative estimate of drug-likeness (QED) is 0.875. The van der Waals surface area contributed by atoms with Crippen molar-refractivity contribution in [3.05, 3.63) is 29.3 Å². The molecular formula is C14H21NO2. The number of carbonyl (C=O) groups is 1. The molecule has 0 aliphatic carbocycles. The number of carbonyl (C=O) groups excluding carboxylic acids is 1. The molecule has 3 heteroatoms. The van der Waals surface area contributed by atoms with Gasteiger partial charge in [0, 0.05) is 12.1 Å². The average molecular weight is 235 g/mol. The van der Waals surface area contributed by atoms with Gasteiger partial charge in [-0.15, -0.1) is 0 Å². The first-order chi connectivity index (χ1) is 7.84. The first-order valence-electron chi connectivity index (χ1n) is 5.97. The molecule has 0 aliphatic heterocycles. The van der Waals surface area contributed by atoms with Gasteiger partial charge in [0.2, 0.25) is 0 Å². The van der Waals surface area contributed by atoms with E-state index in [1.165, 1.54) is 0 Å². The van der Waals surface area contributed by atoms with Crippen LogP contribution < -0.4 is 0 Å². The summed E-state index contributed by atoms with van der Waals surface area (Å²) in [4.78, 5) is 14.1. The smallest absolute Gasteiger partial charge is 0.258 e. The minimum Gasteiger partial charge on any atom is -0.507 e. The minimum absolute atomic E-state index is 0.0568. The second-order valence-electron chi connectivity index (χ2n) is 4.92. The minimum atomic E-state index is -0.118. The van der Waals surface area contributed by atoms with Crippen molar-refractivity contribution in [1.82, 2.24) is 4.90 Å². The van der Waals surface area contributed by atoms with Crippen molar-refractivity contribution in [2.24, 2.45) is 0 Å². The first kappa shape index (κ1) is 13.6. The summed E-state index contributed by atoms with van der Waals surface area (Å²) < 4.78 is 0. The number of amides is 1. The zero-order valence-corrected chi connectivity index (χ0v) is 11.2. The normalized spacial score (nSPS) is 11.0. The van der Waals surface area contributed by atoms with Crippen molar-refractivity contribution >= 4 is 5.91 Å². The van der Waals surface area contributed by atoms with Crippen LogP contribution >= 0.6 is 0 Å². The molecule has 0 aliphatic rings. The predicted molar refractivity (Wildman–Crippen MR) is 69.3 cm³/mol. The highest BCUT2D eigenvalue weighted by Gasteiger charge is 2.23. The third-order valence-corrected chi connectivity index (χ3v) is 2.73. The van der Waals surface area contributed by atoms with Gasteiger partial charge in [0.25, 0.3) is 5.91 Å². The van der Waals surface area contributed by atoms with Gasteiger partial charge in [-0.25, -0.2) is 0 Å². The molecule has 1 rings (SSSR count). The van der Waals surface area contributed by atoms with Gasteiger partial charge in [0.05, 0.1) is 5.56 Å². The molecule has 0 atom stereocenters. The molecule has 0 aromatic heterocycles. The van der Waals surface area contributed by atoms with Crippen LogP contribution in [0.4, 0.5) is 0 Å². The van der Waals surface area contributed by atoms with Gasteiger partial charge in [0.15, 0.2) is 0 Å². The lowest BCUT2D eigenvalue weighted by atomic mass is 10.1. The lowest BCUT2D eigenvalue weighted by molar-refractivity contribution is 0.0640. The zero-order valence-electron chi connectivity index (χ0n) is 11.2. The fourth-order valence-electron chi connectivity index (χ4n) is 2.03. The number of hydrogen-bond donors (Lipinski definition) is 1. The van der Waals surface area contributed by atoms with Crippen LogP contribution in [0.25, 0.3) is 0 Å². The van der Waals surface area contributed by atoms with E-state index < -0.39 is 0 Å². The standard InChI is InChI=1S/C14H21NO2/c1-9(2)15(10(3)4)14(17)12-7-6-11(5)8-13(12)16/h6-10,16H,1-5H3. The van der Waals surface area contributed by atoms with Crippen LogP contribution in [0.1, 0.15) is 43.6 Å². The molecule has 0 spiro atoms. The van der Waals surface area contributed by atoms with Gasteiger partial charge < -0.3 is 10.0 Å². The van der Waals surface area contributed by atoms with Gasteiger partial charge in [0.1, 0.15) is 5.75 Å². The second kappa shape index (κ2) is 5.21. The van der Waals surface area contributed by atoms with Crippen LogP contribution in [0.5, 0.6) is 5.75 Å². The number of phenolic OH excluding ortho intramolecular Hbond substituents is 1. The average Bonchev–Trinajstić information content (AvgIpc) is 2.15. The van der Waals surface area contributed by atoms with Crippen LogP contribution in [0, 0.1) is 6.92 Å². The van der Waals surface area contributed by atoms with E-state index in [1.54, 1.807) is 17.0 Å². The van der Waals surface area contributed by atoms with E-state index in [2.05, 4.69) is 0 Å². The number of nitrogens with zero attached hydrogens (tertiary/aromatic N) is 1. The van der Waals surface area contributed by atoms with Crippen molar-refractivity contribution < 1.29 is 9.90 Å². The summed E-state index contributed by atoms with van der Waals surface area (Å²) in [6.45, 7) is 9.79. The highest BCUT2D eigenvalue weighted by atomic mass is 16.3. The Morgan fingerprint density at radius 3 is 2.12 bits per heavy atom. The number of aromatic hydroxyl groups is 1. The van der Waals surface area contributed by atoms with Gasteiger partial charge >= 0.3 is 0 Å². The van der Waals surface area contributed by atoms with E-state index in [4.69, 9.17) is 0 Å². The van der Waals surface area contributed by atoms with Gasteiger partial charge in [-0.2, -0.15) is 0 Å². The van der Waals surface area contributed by atoms with E-state index in [1.807, 2.05) is 40.7 Å². The van der Waals surface area contributed by atoms with E-state index >= 15 is 0 Å². The van der Waals surface area contributed by atoms with Crippen LogP contribution in [0.3, 0.4) is 0 Å². The lowest BCUT2D eigenvalue weighted by Crippen LogP contribution is -2.42. The van der Waals surface area contributed by atoms with Crippen LogP contribution in [-0.4, -0.2) is 28.0 Å². The van der Waals surface area contributed by atoms with Gasteiger partial charge in [-0.3, -0.25) is 4.79 Å². The van der Waals surface area contributed by atoms with E-state index in [-0.39, 0.29) is 23.7 Å². The number of benzene rings is 1. The summed E-state index contributed by atoms with van der Waals surface area (Å²) >= 11 is 0. The molecule has 1 aromatic carbocycles. The predicted octanol–water partition coefficient (Wildman–Crippen LogP) is 2.96. The Kier molecular flexibility index (Phi) is 4.16. The highest BCUT2D eigenvalue weighted by Crippen LogP contribution is 2.22. The van der Waals surface area contributed by atoms with Crippen LogP contribution in [0.15, 0.2) is 18.2 Å². The summed E-state index contributed by atoms with van der Waals surface area (Å²) in [5.74, 6) is -0.0613. The Labute approximate surface area is 103 Å². The van der Waals surface area contributed by atoms with Crippen molar-refractivity contribution in [2.75, 3.05) is 0 Å². The fraction of sp³-hybridized carbons (Fsp3) is 0.500. The fourth-order valence-corrected chi connectivity index (χ4v) is 2.03. The molecular weight excluding hydrogens is 214 g/mol. The van der Waals surface area contributed by atoms with Crippen LogP contribution in [0.2, 0.25) is 0 Å². The van der Waals surface area contributed by atoms with E-state index in [0.717, 1.165) is 5.56 Å². The Bertz CT molecular complexity index is 403. The largest absolute Gasteiger partial charge is 0.507 e. The maximum absolute atomic E-state index is 12.3.